The van der Waals surface area contributed by atoms with E-state index in [1.165, 1.54) is 0 Å². The molecule has 0 aliphatic rings. The van der Waals surface area contributed by atoms with Crippen LogP contribution >= 0.6 is 23.4 Å². The highest BCUT2D eigenvalue weighted by molar-refractivity contribution is 7.98. The van der Waals surface area contributed by atoms with Crippen LogP contribution < -0.4 is 0 Å². The minimum absolute atomic E-state index is 0.670. The summed E-state index contributed by atoms with van der Waals surface area (Å²) in [5.74, 6) is 0.670. The standard InChI is InChI=1S/C18H14ClN5S/c1-12-17(22-16-8-3-2-7-15(16)21-12)10-25-18-23-20-11-24(18)14-6-4-5-13(19)9-14/h2-9,11H,10H2,1H3. The van der Waals surface area contributed by atoms with Gasteiger partial charge in [-0.3, -0.25) is 4.57 Å². The number of aryl methyl sites for hydroxylation is 1. The van der Waals surface area contributed by atoms with Crippen LogP contribution in [0.15, 0.2) is 60.0 Å². The Morgan fingerprint density at radius 1 is 1.04 bits per heavy atom. The molecule has 5 nitrogen and oxygen atoms in total. The van der Waals surface area contributed by atoms with Gasteiger partial charge in [-0.25, -0.2) is 9.97 Å². The molecule has 7 heteroatoms. The molecule has 0 aliphatic carbocycles. The molecule has 0 N–H and O–H groups in total. The fraction of sp³-hybridized carbons (Fsp3) is 0.111. The van der Waals surface area contributed by atoms with Crippen LogP contribution in [0.2, 0.25) is 5.02 Å². The Morgan fingerprint density at radius 3 is 2.64 bits per heavy atom. The Balaban J connectivity index is 1.60. The van der Waals surface area contributed by atoms with Gasteiger partial charge in [-0.15, -0.1) is 10.2 Å². The van der Waals surface area contributed by atoms with E-state index in [-0.39, 0.29) is 0 Å². The molecule has 25 heavy (non-hydrogen) atoms. The Morgan fingerprint density at radius 2 is 1.84 bits per heavy atom. The molecule has 0 fully saturated rings. The maximum atomic E-state index is 6.08. The van der Waals surface area contributed by atoms with Gasteiger partial charge in [0, 0.05) is 10.8 Å². The van der Waals surface area contributed by atoms with Crippen LogP contribution in [0.4, 0.5) is 0 Å². The van der Waals surface area contributed by atoms with Crippen molar-refractivity contribution in [3.05, 3.63) is 71.3 Å². The Bertz CT molecular complexity index is 1050. The van der Waals surface area contributed by atoms with Gasteiger partial charge in [0.1, 0.15) is 6.33 Å². The second kappa shape index (κ2) is 6.82. The molecule has 0 saturated carbocycles. The number of para-hydroxylation sites is 2. The molecule has 124 valence electrons. The molecular formula is C18H14ClN5S. The number of thioether (sulfide) groups is 1. The first-order valence-corrected chi connectivity index (χ1v) is 9.08. The van der Waals surface area contributed by atoms with Gasteiger partial charge in [0.15, 0.2) is 5.16 Å². The molecule has 0 saturated heterocycles. The second-order valence-electron chi connectivity index (χ2n) is 5.50. The zero-order valence-corrected chi connectivity index (χ0v) is 15.0. The molecule has 0 spiro atoms. The molecule has 0 radical (unpaired) electrons. The lowest BCUT2D eigenvalue weighted by Gasteiger charge is -2.08. The van der Waals surface area contributed by atoms with Gasteiger partial charge in [0.05, 0.1) is 28.1 Å². The average Bonchev–Trinajstić information content (AvgIpc) is 3.08. The topological polar surface area (TPSA) is 56.5 Å². The number of halogens is 1. The molecule has 0 aliphatic heterocycles. The van der Waals surface area contributed by atoms with Crippen molar-refractivity contribution in [2.75, 3.05) is 0 Å². The van der Waals surface area contributed by atoms with Gasteiger partial charge in [-0.1, -0.05) is 41.6 Å². The molecular weight excluding hydrogens is 354 g/mol. The zero-order valence-electron chi connectivity index (χ0n) is 13.4. The predicted molar refractivity (Wildman–Crippen MR) is 100 cm³/mol. The number of hydrogen-bond donors (Lipinski definition) is 0. The summed E-state index contributed by atoms with van der Waals surface area (Å²) < 4.78 is 1.92. The summed E-state index contributed by atoms with van der Waals surface area (Å²) in [6, 6.07) is 15.5. The van der Waals surface area contributed by atoms with Crippen molar-refractivity contribution < 1.29 is 0 Å². The molecule has 0 bridgehead atoms. The SMILES string of the molecule is Cc1nc2ccccc2nc1CSc1nncn1-c1cccc(Cl)c1. The van der Waals surface area contributed by atoms with Crippen molar-refractivity contribution in [3.63, 3.8) is 0 Å². The van der Waals surface area contributed by atoms with E-state index in [0.29, 0.717) is 10.8 Å². The van der Waals surface area contributed by atoms with Gasteiger partial charge >= 0.3 is 0 Å². The molecule has 0 atom stereocenters. The van der Waals surface area contributed by atoms with Crippen LogP contribution in [0, 0.1) is 6.92 Å². The van der Waals surface area contributed by atoms with Crippen LogP contribution in [-0.4, -0.2) is 24.7 Å². The highest BCUT2D eigenvalue weighted by Gasteiger charge is 2.11. The van der Waals surface area contributed by atoms with Crippen LogP contribution in [0.3, 0.4) is 0 Å². The monoisotopic (exact) mass is 367 g/mol. The van der Waals surface area contributed by atoms with Crippen molar-refractivity contribution in [2.24, 2.45) is 0 Å². The van der Waals surface area contributed by atoms with Crippen molar-refractivity contribution in [2.45, 2.75) is 17.8 Å². The van der Waals surface area contributed by atoms with E-state index < -0.39 is 0 Å². The molecule has 2 heterocycles. The van der Waals surface area contributed by atoms with Crippen LogP contribution in [0.1, 0.15) is 11.4 Å². The number of hydrogen-bond acceptors (Lipinski definition) is 5. The summed E-state index contributed by atoms with van der Waals surface area (Å²) in [6.07, 6.45) is 1.69. The molecule has 2 aromatic heterocycles. The number of rotatable bonds is 4. The lowest BCUT2D eigenvalue weighted by molar-refractivity contribution is 0.882. The third-order valence-electron chi connectivity index (χ3n) is 3.78. The van der Waals surface area contributed by atoms with Gasteiger partial charge in [-0.2, -0.15) is 0 Å². The number of aromatic nitrogens is 5. The van der Waals surface area contributed by atoms with E-state index in [9.17, 15) is 0 Å². The van der Waals surface area contributed by atoms with E-state index in [1.54, 1.807) is 18.1 Å². The highest BCUT2D eigenvalue weighted by Crippen LogP contribution is 2.25. The van der Waals surface area contributed by atoms with E-state index in [2.05, 4.69) is 15.2 Å². The third-order valence-corrected chi connectivity index (χ3v) is 4.97. The smallest absolute Gasteiger partial charge is 0.195 e. The summed E-state index contributed by atoms with van der Waals surface area (Å²) in [7, 11) is 0. The summed E-state index contributed by atoms with van der Waals surface area (Å²) in [4.78, 5) is 9.36. The number of fused-ring (bicyclic) bond motifs is 1. The maximum Gasteiger partial charge on any atom is 0.195 e. The lowest BCUT2D eigenvalue weighted by Crippen LogP contribution is -1.99. The van der Waals surface area contributed by atoms with Crippen LogP contribution in [0.25, 0.3) is 16.7 Å². The third kappa shape index (κ3) is 3.36. The predicted octanol–water partition coefficient (Wildman–Crippen LogP) is 4.46. The van der Waals surface area contributed by atoms with Crippen molar-refractivity contribution in [1.82, 2.24) is 24.7 Å². The molecule has 0 amide bonds. The lowest BCUT2D eigenvalue weighted by atomic mass is 10.2. The maximum absolute atomic E-state index is 6.08. The van der Waals surface area contributed by atoms with Gasteiger partial charge < -0.3 is 0 Å². The summed E-state index contributed by atoms with van der Waals surface area (Å²) in [5, 5.41) is 9.71. The summed E-state index contributed by atoms with van der Waals surface area (Å²) in [5.41, 5.74) is 4.63. The highest BCUT2D eigenvalue weighted by atomic mass is 35.5. The first kappa shape index (κ1) is 16.1. The largest absolute Gasteiger partial charge is 0.277 e. The quantitative estimate of drug-likeness (QED) is 0.498. The van der Waals surface area contributed by atoms with E-state index in [4.69, 9.17) is 16.6 Å². The van der Waals surface area contributed by atoms with Crippen LogP contribution in [-0.2, 0) is 5.75 Å². The van der Waals surface area contributed by atoms with E-state index >= 15 is 0 Å². The molecule has 4 aromatic rings. The minimum atomic E-state index is 0.670. The van der Waals surface area contributed by atoms with Gasteiger partial charge in [0.2, 0.25) is 0 Å². The van der Waals surface area contributed by atoms with Crippen molar-refractivity contribution >= 4 is 34.4 Å². The first-order chi connectivity index (χ1) is 12.2. The van der Waals surface area contributed by atoms with Crippen molar-refractivity contribution in [3.8, 4) is 5.69 Å². The Hall–Kier alpha value is -2.44. The Labute approximate surface area is 154 Å². The van der Waals surface area contributed by atoms with E-state index in [0.717, 1.165) is 33.3 Å². The van der Waals surface area contributed by atoms with Gasteiger partial charge in [-0.05, 0) is 37.3 Å². The average molecular weight is 368 g/mol. The van der Waals surface area contributed by atoms with Crippen molar-refractivity contribution in [1.29, 1.82) is 0 Å². The summed E-state index contributed by atoms with van der Waals surface area (Å²) in [6.45, 7) is 1.98. The number of benzene rings is 2. The van der Waals surface area contributed by atoms with E-state index in [1.807, 2.05) is 60.0 Å². The van der Waals surface area contributed by atoms with Crippen LogP contribution in [0.5, 0.6) is 0 Å². The summed E-state index contributed by atoms with van der Waals surface area (Å²) >= 11 is 7.66. The molecule has 0 unspecified atom stereocenters. The Kier molecular flexibility index (Phi) is 4.38. The second-order valence-corrected chi connectivity index (χ2v) is 6.88. The fourth-order valence-corrected chi connectivity index (χ4v) is 3.64. The molecule has 4 rings (SSSR count). The number of nitrogens with zero attached hydrogens (tertiary/aromatic N) is 5. The fourth-order valence-electron chi connectivity index (χ4n) is 2.52. The van der Waals surface area contributed by atoms with Gasteiger partial charge in [0.25, 0.3) is 0 Å². The minimum Gasteiger partial charge on any atom is -0.277 e. The first-order valence-electron chi connectivity index (χ1n) is 7.72. The normalized spacial score (nSPS) is 11.1. The molecule has 2 aromatic carbocycles. The zero-order chi connectivity index (χ0) is 17.2.